The summed E-state index contributed by atoms with van der Waals surface area (Å²) in [7, 11) is 2.03. The van der Waals surface area contributed by atoms with E-state index in [9.17, 15) is 19.2 Å². The zero-order valence-electron chi connectivity index (χ0n) is 27.6. The largest absolute Gasteiger partial charge is 0.347 e. The molecule has 2 aliphatic rings. The number of unbranched alkanes of at least 4 members (excludes halogenated alkanes) is 2. The molecule has 0 saturated carbocycles. The summed E-state index contributed by atoms with van der Waals surface area (Å²) in [5.74, 6) is -1.70. The number of benzene rings is 2. The summed E-state index contributed by atoms with van der Waals surface area (Å²) in [5.41, 5.74) is 0.799. The summed E-state index contributed by atoms with van der Waals surface area (Å²) >= 11 is 0. The normalized spacial score (nSPS) is 18.9. The Hall–Kier alpha value is -3.56. The van der Waals surface area contributed by atoms with Gasteiger partial charge in [-0.2, -0.15) is 0 Å². The van der Waals surface area contributed by atoms with Crippen LogP contribution in [0.25, 0.3) is 0 Å². The number of imide groups is 1. The maximum Gasteiger partial charge on any atom is 0.253 e. The van der Waals surface area contributed by atoms with Crippen molar-refractivity contribution in [3.63, 3.8) is 0 Å². The smallest absolute Gasteiger partial charge is 0.253 e. The molecule has 2 aromatic rings. The molecule has 45 heavy (non-hydrogen) atoms. The number of amides is 4. The highest BCUT2D eigenvalue weighted by Gasteiger charge is 2.62. The molecular formula is C36H50N4O5. The summed E-state index contributed by atoms with van der Waals surface area (Å²) in [6.45, 7) is 10.6. The van der Waals surface area contributed by atoms with Crippen molar-refractivity contribution in [1.29, 1.82) is 0 Å². The van der Waals surface area contributed by atoms with Crippen molar-refractivity contribution >= 4 is 23.6 Å². The van der Waals surface area contributed by atoms with Gasteiger partial charge in [0.05, 0.1) is 11.3 Å². The van der Waals surface area contributed by atoms with Gasteiger partial charge in [-0.1, -0.05) is 94.3 Å². The van der Waals surface area contributed by atoms with E-state index in [1.54, 1.807) is 16.7 Å². The summed E-state index contributed by atoms with van der Waals surface area (Å²) in [6.07, 6.45) is 2.70. The minimum absolute atomic E-state index is 0.145. The van der Waals surface area contributed by atoms with Crippen LogP contribution in [0.15, 0.2) is 60.7 Å². The second-order valence-electron chi connectivity index (χ2n) is 12.4. The first-order valence-electron chi connectivity index (χ1n) is 16.6. The Morgan fingerprint density at radius 3 is 1.96 bits per heavy atom. The molecule has 0 N–H and O–H groups in total. The Kier molecular flexibility index (Phi) is 11.9. The minimum Gasteiger partial charge on any atom is -0.347 e. The standard InChI is InChI=1S/C36H50N4O5/c1-6-9-16-21-39(33(43)31(28-17-12-10-13-18-28)29-19-14-11-15-20-29)27(4)32(42)40-34(44)36(7-2,8-3)35(40)45-26-30(41)38-24-22-37(5)23-25-38/h10-15,17-20,27,31,35H,6-9,16,21-26H2,1-5H3/t27-,35-/m0/s1. The number of likely N-dealkylation sites (N-methyl/N-ethyl adjacent to an activating group) is 1. The number of ether oxygens (including phenoxy) is 1. The Labute approximate surface area is 268 Å². The van der Waals surface area contributed by atoms with Gasteiger partial charge in [0, 0.05) is 32.7 Å². The van der Waals surface area contributed by atoms with Crippen LogP contribution in [0.2, 0.25) is 0 Å². The van der Waals surface area contributed by atoms with Crippen molar-refractivity contribution in [3.05, 3.63) is 71.8 Å². The number of carbonyl (C=O) groups excluding carboxylic acids is 4. The zero-order valence-corrected chi connectivity index (χ0v) is 27.6. The van der Waals surface area contributed by atoms with Crippen molar-refractivity contribution in [2.24, 2.45) is 5.41 Å². The van der Waals surface area contributed by atoms with Crippen molar-refractivity contribution in [1.82, 2.24) is 19.6 Å². The number of likely N-dealkylation sites (tertiary alicyclic amines) is 1. The molecule has 2 heterocycles. The number of hydrogen-bond donors (Lipinski definition) is 0. The molecule has 2 aliphatic heterocycles. The fraction of sp³-hybridized carbons (Fsp3) is 0.556. The second kappa shape index (κ2) is 15.6. The molecule has 2 saturated heterocycles. The van der Waals surface area contributed by atoms with Crippen molar-refractivity contribution < 1.29 is 23.9 Å². The maximum absolute atomic E-state index is 14.5. The number of rotatable bonds is 14. The highest BCUT2D eigenvalue weighted by Crippen LogP contribution is 2.46. The topological polar surface area (TPSA) is 90.5 Å². The van der Waals surface area contributed by atoms with Crippen LogP contribution in [-0.4, -0.2) is 102 Å². The van der Waals surface area contributed by atoms with Crippen LogP contribution in [0, 0.1) is 5.41 Å². The fourth-order valence-corrected chi connectivity index (χ4v) is 6.58. The molecular weight excluding hydrogens is 568 g/mol. The van der Waals surface area contributed by atoms with Gasteiger partial charge in [0.2, 0.25) is 17.7 Å². The van der Waals surface area contributed by atoms with Crippen molar-refractivity contribution in [2.45, 2.75) is 78.0 Å². The Morgan fingerprint density at radius 1 is 0.889 bits per heavy atom. The Balaban J connectivity index is 1.60. The van der Waals surface area contributed by atoms with Gasteiger partial charge in [0.25, 0.3) is 5.91 Å². The van der Waals surface area contributed by atoms with E-state index in [0.29, 0.717) is 32.5 Å². The molecule has 0 unspecified atom stereocenters. The van der Waals surface area contributed by atoms with Crippen LogP contribution < -0.4 is 0 Å². The van der Waals surface area contributed by atoms with Gasteiger partial charge < -0.3 is 19.4 Å². The number of piperazine rings is 1. The lowest BCUT2D eigenvalue weighted by atomic mass is 9.71. The minimum atomic E-state index is -0.903. The Bertz CT molecular complexity index is 1250. The highest BCUT2D eigenvalue weighted by atomic mass is 16.5. The molecule has 0 radical (unpaired) electrons. The van der Waals surface area contributed by atoms with Gasteiger partial charge >= 0.3 is 0 Å². The summed E-state index contributed by atoms with van der Waals surface area (Å²) in [4.78, 5) is 62.3. The maximum atomic E-state index is 14.5. The molecule has 2 atom stereocenters. The van der Waals surface area contributed by atoms with Gasteiger partial charge in [-0.3, -0.25) is 24.1 Å². The van der Waals surface area contributed by atoms with Gasteiger partial charge in [-0.25, -0.2) is 0 Å². The lowest BCUT2D eigenvalue weighted by molar-refractivity contribution is -0.225. The van der Waals surface area contributed by atoms with Gasteiger partial charge in [-0.15, -0.1) is 0 Å². The first-order chi connectivity index (χ1) is 21.7. The van der Waals surface area contributed by atoms with Crippen LogP contribution in [0.3, 0.4) is 0 Å². The number of nitrogens with zero attached hydrogens (tertiary/aromatic N) is 4. The van der Waals surface area contributed by atoms with Crippen LogP contribution in [0.1, 0.15) is 76.8 Å². The van der Waals surface area contributed by atoms with Crippen LogP contribution >= 0.6 is 0 Å². The SMILES string of the molecule is CCCCCN(C(=O)C(c1ccccc1)c1ccccc1)[C@@H](C)C(=O)N1C(=O)C(CC)(CC)[C@@H]1OCC(=O)N1CCN(C)CC1. The molecule has 9 nitrogen and oxygen atoms in total. The Morgan fingerprint density at radius 2 is 1.44 bits per heavy atom. The third-order valence-electron chi connectivity index (χ3n) is 9.70. The lowest BCUT2D eigenvalue weighted by Crippen LogP contribution is -2.73. The van der Waals surface area contributed by atoms with E-state index in [4.69, 9.17) is 4.74 Å². The number of β-lactam (4-membered cyclic amide) rings is 1. The average Bonchev–Trinajstić information content (AvgIpc) is 3.06. The van der Waals surface area contributed by atoms with E-state index < -0.39 is 29.5 Å². The quantitative estimate of drug-likeness (QED) is 0.229. The summed E-state index contributed by atoms with van der Waals surface area (Å²) < 4.78 is 6.17. The predicted molar refractivity (Wildman–Crippen MR) is 174 cm³/mol. The van der Waals surface area contributed by atoms with Crippen molar-refractivity contribution in [3.8, 4) is 0 Å². The van der Waals surface area contributed by atoms with E-state index in [1.165, 1.54) is 4.90 Å². The van der Waals surface area contributed by atoms with E-state index in [-0.39, 0.29) is 24.3 Å². The molecule has 244 valence electrons. The summed E-state index contributed by atoms with van der Waals surface area (Å²) in [5, 5.41) is 0. The van der Waals surface area contributed by atoms with E-state index in [1.807, 2.05) is 81.6 Å². The third kappa shape index (κ3) is 7.31. The summed E-state index contributed by atoms with van der Waals surface area (Å²) in [6, 6.07) is 18.3. The highest BCUT2D eigenvalue weighted by molar-refractivity contribution is 6.06. The fourth-order valence-electron chi connectivity index (χ4n) is 6.58. The van der Waals surface area contributed by atoms with Gasteiger partial charge in [0.1, 0.15) is 12.6 Å². The molecule has 0 aromatic heterocycles. The monoisotopic (exact) mass is 618 g/mol. The molecule has 4 rings (SSSR count). The molecule has 2 aromatic carbocycles. The number of hydrogen-bond acceptors (Lipinski definition) is 6. The number of carbonyl (C=O) groups is 4. The average molecular weight is 619 g/mol. The van der Waals surface area contributed by atoms with E-state index in [0.717, 1.165) is 43.5 Å². The lowest BCUT2D eigenvalue weighted by Gasteiger charge is -2.54. The molecule has 9 heteroatoms. The van der Waals surface area contributed by atoms with Crippen molar-refractivity contribution in [2.75, 3.05) is 46.4 Å². The van der Waals surface area contributed by atoms with E-state index >= 15 is 0 Å². The molecule has 2 fully saturated rings. The first-order valence-corrected chi connectivity index (χ1v) is 16.6. The van der Waals surface area contributed by atoms with E-state index in [2.05, 4.69) is 11.8 Å². The molecule has 0 bridgehead atoms. The van der Waals surface area contributed by atoms with Crippen LogP contribution in [-0.2, 0) is 23.9 Å². The first kappa shape index (κ1) is 34.3. The van der Waals surface area contributed by atoms with Crippen LogP contribution in [0.4, 0.5) is 0 Å². The molecule has 0 aliphatic carbocycles. The second-order valence-corrected chi connectivity index (χ2v) is 12.4. The van der Waals surface area contributed by atoms with Gasteiger partial charge in [-0.05, 0) is 44.4 Å². The predicted octanol–water partition coefficient (Wildman–Crippen LogP) is 4.52. The third-order valence-corrected chi connectivity index (χ3v) is 9.70. The molecule has 4 amide bonds. The molecule has 0 spiro atoms. The van der Waals surface area contributed by atoms with Gasteiger partial charge in [0.15, 0.2) is 6.23 Å². The zero-order chi connectivity index (χ0) is 32.6. The van der Waals surface area contributed by atoms with Crippen LogP contribution in [0.5, 0.6) is 0 Å².